The maximum atomic E-state index is 12.5. The lowest BCUT2D eigenvalue weighted by Crippen LogP contribution is -2.10. The molecule has 0 aliphatic carbocycles. The average Bonchev–Trinajstić information content (AvgIpc) is 2.15. The SMILES string of the molecule is O=C(O)c1ccc(CS)c(C(F)(F)F)c1. The van der Waals surface area contributed by atoms with Crippen LogP contribution in [0.1, 0.15) is 21.5 Å². The molecule has 0 saturated heterocycles. The fraction of sp³-hybridized carbons (Fsp3) is 0.222. The number of carbonyl (C=O) groups is 1. The number of carboxylic acids is 1. The number of halogens is 3. The summed E-state index contributed by atoms with van der Waals surface area (Å²) in [5.41, 5.74) is -1.36. The number of aromatic carboxylic acids is 1. The van der Waals surface area contributed by atoms with Crippen molar-refractivity contribution in [3.05, 3.63) is 34.9 Å². The molecule has 0 amide bonds. The Labute approximate surface area is 89.1 Å². The third-order valence-electron chi connectivity index (χ3n) is 1.83. The highest BCUT2D eigenvalue weighted by atomic mass is 32.1. The van der Waals surface area contributed by atoms with E-state index in [1.54, 1.807) is 0 Å². The maximum Gasteiger partial charge on any atom is 0.416 e. The van der Waals surface area contributed by atoms with Crippen LogP contribution in [0.2, 0.25) is 0 Å². The second-order valence-electron chi connectivity index (χ2n) is 2.83. The van der Waals surface area contributed by atoms with Crippen molar-refractivity contribution >= 4 is 18.6 Å². The zero-order valence-electron chi connectivity index (χ0n) is 7.38. The predicted octanol–water partition coefficient (Wildman–Crippen LogP) is 2.83. The number of hydrogen-bond donors (Lipinski definition) is 2. The van der Waals surface area contributed by atoms with Gasteiger partial charge in [0.15, 0.2) is 0 Å². The molecule has 0 fully saturated rings. The summed E-state index contributed by atoms with van der Waals surface area (Å²) in [5.74, 6) is -1.47. The standard InChI is InChI=1S/C9H7F3O2S/c10-9(11,12)7-3-5(8(13)14)1-2-6(7)4-15/h1-3,15H,4H2,(H,13,14). The van der Waals surface area contributed by atoms with Crippen LogP contribution in [0.5, 0.6) is 0 Å². The van der Waals surface area contributed by atoms with Gasteiger partial charge in [-0.2, -0.15) is 25.8 Å². The van der Waals surface area contributed by atoms with Gasteiger partial charge in [0, 0.05) is 5.75 Å². The van der Waals surface area contributed by atoms with E-state index in [-0.39, 0.29) is 16.9 Å². The van der Waals surface area contributed by atoms with Crippen LogP contribution in [-0.4, -0.2) is 11.1 Å². The van der Waals surface area contributed by atoms with Crippen LogP contribution in [0.15, 0.2) is 18.2 Å². The summed E-state index contributed by atoms with van der Waals surface area (Å²) >= 11 is 3.75. The quantitative estimate of drug-likeness (QED) is 0.775. The van der Waals surface area contributed by atoms with Crippen molar-refractivity contribution in [3.63, 3.8) is 0 Å². The highest BCUT2D eigenvalue weighted by Gasteiger charge is 2.33. The molecule has 0 radical (unpaired) electrons. The predicted molar refractivity (Wildman–Crippen MR) is 51.1 cm³/mol. The Morgan fingerprint density at radius 1 is 1.40 bits per heavy atom. The van der Waals surface area contributed by atoms with Crippen LogP contribution in [0.25, 0.3) is 0 Å². The molecule has 0 aromatic heterocycles. The van der Waals surface area contributed by atoms with E-state index >= 15 is 0 Å². The lowest BCUT2D eigenvalue weighted by Gasteiger charge is -2.11. The molecule has 0 aliphatic rings. The first-order chi connectivity index (χ1) is 6.86. The Kier molecular flexibility index (Phi) is 3.28. The van der Waals surface area contributed by atoms with Gasteiger partial charge in [0.05, 0.1) is 11.1 Å². The normalized spacial score (nSPS) is 11.5. The van der Waals surface area contributed by atoms with E-state index in [1.807, 2.05) is 0 Å². The summed E-state index contributed by atoms with van der Waals surface area (Å²) in [6.07, 6.45) is -4.55. The topological polar surface area (TPSA) is 37.3 Å². The van der Waals surface area contributed by atoms with E-state index in [2.05, 4.69) is 12.6 Å². The van der Waals surface area contributed by atoms with E-state index in [4.69, 9.17) is 5.11 Å². The molecule has 0 unspecified atom stereocenters. The lowest BCUT2D eigenvalue weighted by molar-refractivity contribution is -0.138. The molecule has 0 saturated carbocycles. The summed E-state index contributed by atoms with van der Waals surface area (Å²) in [7, 11) is 0. The third kappa shape index (κ3) is 2.65. The van der Waals surface area contributed by atoms with Gasteiger partial charge in [-0.15, -0.1) is 0 Å². The zero-order valence-corrected chi connectivity index (χ0v) is 8.27. The Morgan fingerprint density at radius 3 is 2.40 bits per heavy atom. The lowest BCUT2D eigenvalue weighted by atomic mass is 10.0. The molecular weight excluding hydrogens is 229 g/mol. The maximum absolute atomic E-state index is 12.5. The Hall–Kier alpha value is -1.17. The van der Waals surface area contributed by atoms with E-state index in [9.17, 15) is 18.0 Å². The van der Waals surface area contributed by atoms with Crippen LogP contribution in [0.4, 0.5) is 13.2 Å². The van der Waals surface area contributed by atoms with Gasteiger partial charge in [0.1, 0.15) is 0 Å². The van der Waals surface area contributed by atoms with Crippen LogP contribution in [0, 0.1) is 0 Å². The molecule has 1 rings (SSSR count). The average molecular weight is 236 g/mol. The van der Waals surface area contributed by atoms with Gasteiger partial charge in [0.2, 0.25) is 0 Å². The van der Waals surface area contributed by atoms with Crippen molar-refractivity contribution in [2.45, 2.75) is 11.9 Å². The first-order valence-electron chi connectivity index (χ1n) is 3.90. The van der Waals surface area contributed by atoms with Gasteiger partial charge in [-0.3, -0.25) is 0 Å². The molecule has 0 spiro atoms. The minimum atomic E-state index is -4.55. The largest absolute Gasteiger partial charge is 0.478 e. The minimum Gasteiger partial charge on any atom is -0.478 e. The monoisotopic (exact) mass is 236 g/mol. The van der Waals surface area contributed by atoms with Crippen molar-refractivity contribution < 1.29 is 23.1 Å². The van der Waals surface area contributed by atoms with Crippen LogP contribution in [0.3, 0.4) is 0 Å². The summed E-state index contributed by atoms with van der Waals surface area (Å²) in [4.78, 5) is 10.5. The summed E-state index contributed by atoms with van der Waals surface area (Å²) in [6.45, 7) is 0. The van der Waals surface area contributed by atoms with Gasteiger partial charge in [-0.25, -0.2) is 4.79 Å². The van der Waals surface area contributed by atoms with Gasteiger partial charge in [0.25, 0.3) is 0 Å². The van der Waals surface area contributed by atoms with Crippen molar-refractivity contribution in [1.82, 2.24) is 0 Å². The van der Waals surface area contributed by atoms with Crippen molar-refractivity contribution in [2.75, 3.05) is 0 Å². The molecule has 1 aromatic carbocycles. The van der Waals surface area contributed by atoms with Gasteiger partial charge >= 0.3 is 12.1 Å². The van der Waals surface area contributed by atoms with Crippen molar-refractivity contribution in [3.8, 4) is 0 Å². The van der Waals surface area contributed by atoms with Crippen LogP contribution >= 0.6 is 12.6 Å². The third-order valence-corrected chi connectivity index (χ3v) is 2.17. The number of benzene rings is 1. The molecule has 6 heteroatoms. The molecule has 15 heavy (non-hydrogen) atoms. The zero-order chi connectivity index (χ0) is 11.6. The van der Waals surface area contributed by atoms with E-state index < -0.39 is 17.7 Å². The number of hydrogen-bond acceptors (Lipinski definition) is 2. The molecule has 0 atom stereocenters. The van der Waals surface area contributed by atoms with Gasteiger partial charge < -0.3 is 5.11 Å². The summed E-state index contributed by atoms with van der Waals surface area (Å²) < 4.78 is 37.4. The van der Waals surface area contributed by atoms with E-state index in [0.717, 1.165) is 12.1 Å². The molecule has 0 heterocycles. The summed E-state index contributed by atoms with van der Waals surface area (Å²) in [6, 6.07) is 2.87. The minimum absolute atomic E-state index is 0.0316. The fourth-order valence-electron chi connectivity index (χ4n) is 1.11. The number of alkyl halides is 3. The molecular formula is C9H7F3O2S. The molecule has 2 nitrogen and oxygen atoms in total. The number of rotatable bonds is 2. The highest BCUT2D eigenvalue weighted by molar-refractivity contribution is 7.79. The first-order valence-corrected chi connectivity index (χ1v) is 4.53. The van der Waals surface area contributed by atoms with E-state index in [1.165, 1.54) is 0 Å². The van der Waals surface area contributed by atoms with Crippen molar-refractivity contribution in [1.29, 1.82) is 0 Å². The number of carboxylic acid groups (broad SMARTS) is 1. The van der Waals surface area contributed by atoms with Crippen molar-refractivity contribution in [2.24, 2.45) is 0 Å². The molecule has 1 aromatic rings. The van der Waals surface area contributed by atoms with Crippen LogP contribution < -0.4 is 0 Å². The number of thiol groups is 1. The van der Waals surface area contributed by atoms with Gasteiger partial charge in [-0.05, 0) is 17.7 Å². The molecule has 82 valence electrons. The Balaban J connectivity index is 3.32. The Bertz CT molecular complexity index is 387. The van der Waals surface area contributed by atoms with E-state index in [0.29, 0.717) is 6.07 Å². The fourth-order valence-corrected chi connectivity index (χ4v) is 1.39. The highest BCUT2D eigenvalue weighted by Crippen LogP contribution is 2.33. The Morgan fingerprint density at radius 2 is 2.00 bits per heavy atom. The first kappa shape index (κ1) is 11.9. The molecule has 0 aliphatic heterocycles. The molecule has 1 N–H and O–H groups in total. The summed E-state index contributed by atoms with van der Waals surface area (Å²) in [5, 5.41) is 8.55. The van der Waals surface area contributed by atoms with Crippen LogP contribution in [-0.2, 0) is 11.9 Å². The second-order valence-corrected chi connectivity index (χ2v) is 3.15. The van der Waals surface area contributed by atoms with Gasteiger partial charge in [-0.1, -0.05) is 6.07 Å². The molecule has 0 bridgehead atoms. The smallest absolute Gasteiger partial charge is 0.416 e. The second kappa shape index (κ2) is 4.14.